The normalized spacial score (nSPS) is 12.6. The standard InChI is InChI=1S/C16H15F4N5O2S/c1-15(17,18)13-22-9-8-7(24(3)4)5-6-21-11(8)28-10(9)12(26)25(13)23-14(27)16(2,19)20/h5-6H,1-4H3,(H,23,27). The first-order valence-electron chi connectivity index (χ1n) is 7.91. The molecule has 0 aliphatic heterocycles. The molecule has 0 fully saturated rings. The molecular formula is C16H15F4N5O2S. The van der Waals surface area contributed by atoms with Crippen LogP contribution in [0.25, 0.3) is 20.4 Å². The van der Waals surface area contributed by atoms with Gasteiger partial charge in [0.1, 0.15) is 15.0 Å². The van der Waals surface area contributed by atoms with E-state index in [9.17, 15) is 27.2 Å². The maximum Gasteiger partial charge on any atom is 0.323 e. The molecule has 150 valence electrons. The topological polar surface area (TPSA) is 80.1 Å². The molecule has 7 nitrogen and oxygen atoms in total. The van der Waals surface area contributed by atoms with Gasteiger partial charge in [0, 0.05) is 34.1 Å². The zero-order chi connectivity index (χ0) is 21.0. The van der Waals surface area contributed by atoms with Gasteiger partial charge in [0.15, 0.2) is 0 Å². The highest BCUT2D eigenvalue weighted by Gasteiger charge is 2.37. The van der Waals surface area contributed by atoms with Gasteiger partial charge >= 0.3 is 17.8 Å². The number of fused-ring (bicyclic) bond motifs is 3. The van der Waals surface area contributed by atoms with Crippen molar-refractivity contribution in [1.82, 2.24) is 14.6 Å². The second-order valence-corrected chi connectivity index (χ2v) is 7.48. The van der Waals surface area contributed by atoms with E-state index in [1.807, 2.05) is 0 Å². The van der Waals surface area contributed by atoms with E-state index in [1.165, 1.54) is 6.20 Å². The molecule has 0 unspecified atom stereocenters. The molecule has 3 rings (SSSR count). The number of rotatable bonds is 4. The minimum atomic E-state index is -3.88. The van der Waals surface area contributed by atoms with Gasteiger partial charge in [-0.25, -0.2) is 9.97 Å². The first-order valence-corrected chi connectivity index (χ1v) is 8.73. The van der Waals surface area contributed by atoms with Gasteiger partial charge in [0.25, 0.3) is 5.56 Å². The molecule has 0 bridgehead atoms. The first kappa shape index (κ1) is 20.0. The van der Waals surface area contributed by atoms with Gasteiger partial charge in [0.05, 0.1) is 11.1 Å². The molecule has 0 aliphatic carbocycles. The number of anilines is 1. The Morgan fingerprint density at radius 3 is 2.43 bits per heavy atom. The van der Waals surface area contributed by atoms with E-state index in [1.54, 1.807) is 30.5 Å². The molecule has 1 amide bonds. The van der Waals surface area contributed by atoms with E-state index in [2.05, 4.69) is 9.97 Å². The zero-order valence-electron chi connectivity index (χ0n) is 15.2. The van der Waals surface area contributed by atoms with Crippen LogP contribution in [0.5, 0.6) is 0 Å². The summed E-state index contributed by atoms with van der Waals surface area (Å²) >= 11 is 0.871. The predicted molar refractivity (Wildman–Crippen MR) is 98.1 cm³/mol. The van der Waals surface area contributed by atoms with Crippen LogP contribution in [0.1, 0.15) is 19.7 Å². The van der Waals surface area contributed by atoms with E-state index in [-0.39, 0.29) is 21.8 Å². The number of halogens is 4. The molecule has 28 heavy (non-hydrogen) atoms. The highest BCUT2D eigenvalue weighted by atomic mass is 32.1. The fourth-order valence-corrected chi connectivity index (χ4v) is 3.60. The fourth-order valence-electron chi connectivity index (χ4n) is 2.57. The minimum Gasteiger partial charge on any atom is -0.377 e. The maximum atomic E-state index is 14.2. The van der Waals surface area contributed by atoms with Crippen LogP contribution >= 0.6 is 11.3 Å². The lowest BCUT2D eigenvalue weighted by Gasteiger charge is -2.19. The quantitative estimate of drug-likeness (QED) is 0.661. The van der Waals surface area contributed by atoms with Crippen molar-refractivity contribution in [3.8, 4) is 0 Å². The molecule has 3 aromatic rings. The largest absolute Gasteiger partial charge is 0.377 e. The highest BCUT2D eigenvalue weighted by Crippen LogP contribution is 2.36. The molecule has 0 saturated carbocycles. The van der Waals surface area contributed by atoms with E-state index < -0.39 is 29.1 Å². The smallest absolute Gasteiger partial charge is 0.323 e. The SMILES string of the molecule is CN(C)c1ccnc2sc3c(=O)n(NC(=O)C(C)(F)F)c(C(C)(F)F)nc3c12. The summed E-state index contributed by atoms with van der Waals surface area (Å²) in [6, 6.07) is 1.63. The summed E-state index contributed by atoms with van der Waals surface area (Å²) in [6.07, 6.45) is 1.49. The van der Waals surface area contributed by atoms with Crippen molar-refractivity contribution in [2.24, 2.45) is 0 Å². The lowest BCUT2D eigenvalue weighted by molar-refractivity contribution is -0.138. The van der Waals surface area contributed by atoms with Crippen LogP contribution in [0.2, 0.25) is 0 Å². The average molecular weight is 417 g/mol. The number of alkyl halides is 4. The number of nitrogens with zero attached hydrogens (tertiary/aromatic N) is 4. The monoisotopic (exact) mass is 417 g/mol. The number of nitrogens with one attached hydrogen (secondary N) is 1. The van der Waals surface area contributed by atoms with Gasteiger partial charge < -0.3 is 4.90 Å². The molecule has 0 radical (unpaired) electrons. The van der Waals surface area contributed by atoms with E-state index in [0.29, 0.717) is 22.8 Å². The molecule has 3 heterocycles. The number of aromatic nitrogens is 3. The molecule has 1 N–H and O–H groups in total. The van der Waals surface area contributed by atoms with Crippen LogP contribution in [0.3, 0.4) is 0 Å². The number of thiophene rings is 1. The van der Waals surface area contributed by atoms with Crippen molar-refractivity contribution < 1.29 is 22.4 Å². The Balaban J connectivity index is 2.41. The Hall–Kier alpha value is -2.76. The van der Waals surface area contributed by atoms with Gasteiger partial charge in [-0.1, -0.05) is 0 Å². The molecule has 12 heteroatoms. The molecule has 0 saturated heterocycles. The van der Waals surface area contributed by atoms with Crippen molar-refractivity contribution in [1.29, 1.82) is 0 Å². The van der Waals surface area contributed by atoms with E-state index in [0.717, 1.165) is 11.3 Å². The third-order valence-corrected chi connectivity index (χ3v) is 4.93. The van der Waals surface area contributed by atoms with Crippen LogP contribution < -0.4 is 15.9 Å². The van der Waals surface area contributed by atoms with Crippen molar-refractivity contribution in [2.75, 3.05) is 24.4 Å². The Morgan fingerprint density at radius 2 is 1.89 bits per heavy atom. The van der Waals surface area contributed by atoms with Gasteiger partial charge in [0.2, 0.25) is 5.82 Å². The second kappa shape index (κ2) is 6.40. The third-order valence-electron chi connectivity index (χ3n) is 3.86. The second-order valence-electron chi connectivity index (χ2n) is 6.48. The number of amides is 1. The fraction of sp³-hybridized carbons (Fsp3) is 0.375. The lowest BCUT2D eigenvalue weighted by Crippen LogP contribution is -2.44. The van der Waals surface area contributed by atoms with Crippen molar-refractivity contribution in [3.05, 3.63) is 28.4 Å². The summed E-state index contributed by atoms with van der Waals surface area (Å²) in [5, 5.41) is 0.384. The molecule has 0 spiro atoms. The number of carbonyl (C=O) groups excluding carboxylic acids is 1. The van der Waals surface area contributed by atoms with Crippen molar-refractivity contribution >= 4 is 43.4 Å². The summed E-state index contributed by atoms with van der Waals surface area (Å²) in [7, 11) is 3.44. The summed E-state index contributed by atoms with van der Waals surface area (Å²) < 4.78 is 54.8. The lowest BCUT2D eigenvalue weighted by atomic mass is 10.2. The molecule has 0 atom stereocenters. The van der Waals surface area contributed by atoms with E-state index >= 15 is 0 Å². The Kier molecular flexibility index (Phi) is 4.57. The Bertz CT molecular complexity index is 1140. The average Bonchev–Trinajstić information content (AvgIpc) is 2.94. The molecule has 3 aromatic heterocycles. The molecule has 0 aromatic carbocycles. The summed E-state index contributed by atoms with van der Waals surface area (Å²) in [4.78, 5) is 34.5. The molecule has 0 aliphatic rings. The summed E-state index contributed by atoms with van der Waals surface area (Å²) in [5.74, 6) is -10.6. The number of hydrogen-bond acceptors (Lipinski definition) is 6. The number of pyridine rings is 1. The van der Waals surface area contributed by atoms with Gasteiger partial charge in [-0.05, 0) is 6.07 Å². The van der Waals surface area contributed by atoms with Gasteiger partial charge in [-0.2, -0.15) is 22.2 Å². The minimum absolute atomic E-state index is 0.0351. The number of hydrogen-bond donors (Lipinski definition) is 1. The molecular weight excluding hydrogens is 402 g/mol. The zero-order valence-corrected chi connectivity index (χ0v) is 16.0. The highest BCUT2D eigenvalue weighted by molar-refractivity contribution is 7.25. The van der Waals surface area contributed by atoms with E-state index in [4.69, 9.17) is 0 Å². The van der Waals surface area contributed by atoms with Crippen LogP contribution in [0.15, 0.2) is 17.1 Å². The van der Waals surface area contributed by atoms with Crippen LogP contribution in [0, 0.1) is 0 Å². The van der Waals surface area contributed by atoms with Crippen molar-refractivity contribution in [2.45, 2.75) is 25.7 Å². The van der Waals surface area contributed by atoms with Crippen LogP contribution in [-0.2, 0) is 10.7 Å². The van der Waals surface area contributed by atoms with Crippen LogP contribution in [-0.4, -0.2) is 40.6 Å². The summed E-state index contributed by atoms with van der Waals surface area (Å²) in [6.45, 7) is 0.739. The summed E-state index contributed by atoms with van der Waals surface area (Å²) in [5.41, 5.74) is 1.01. The first-order chi connectivity index (χ1) is 12.8. The predicted octanol–water partition coefficient (Wildman–Crippen LogP) is 2.91. The Morgan fingerprint density at radius 1 is 1.25 bits per heavy atom. The van der Waals surface area contributed by atoms with Gasteiger partial charge in [-0.15, -0.1) is 11.3 Å². The van der Waals surface area contributed by atoms with Crippen LogP contribution in [0.4, 0.5) is 23.2 Å². The number of carbonyl (C=O) groups is 1. The van der Waals surface area contributed by atoms with Crippen molar-refractivity contribution in [3.63, 3.8) is 0 Å². The maximum absolute atomic E-state index is 14.2. The van der Waals surface area contributed by atoms with Gasteiger partial charge in [-0.3, -0.25) is 15.0 Å². The Labute approximate surface area is 159 Å². The third kappa shape index (κ3) is 3.28.